The first-order valence-electron chi connectivity index (χ1n) is 7.17. The molecule has 1 saturated carbocycles. The minimum Gasteiger partial charge on any atom is -0.493 e. The van der Waals surface area contributed by atoms with Crippen LogP contribution in [0.25, 0.3) is 0 Å². The first-order chi connectivity index (χ1) is 8.70. The summed E-state index contributed by atoms with van der Waals surface area (Å²) < 4.78 is 6.01. The number of rotatable bonds is 7. The van der Waals surface area contributed by atoms with Crippen molar-refractivity contribution in [2.75, 3.05) is 6.61 Å². The van der Waals surface area contributed by atoms with Gasteiger partial charge >= 0.3 is 0 Å². The molecule has 0 heterocycles. The lowest BCUT2D eigenvalue weighted by Crippen LogP contribution is -2.22. The topological polar surface area (TPSA) is 35.2 Å². The Kier molecular flexibility index (Phi) is 4.65. The lowest BCUT2D eigenvalue weighted by molar-refractivity contribution is 0.297. The highest BCUT2D eigenvalue weighted by atomic mass is 16.5. The Morgan fingerprint density at radius 2 is 2.17 bits per heavy atom. The summed E-state index contributed by atoms with van der Waals surface area (Å²) in [5.41, 5.74) is 8.55. The van der Waals surface area contributed by atoms with Crippen LogP contribution in [0.4, 0.5) is 0 Å². The third-order valence-corrected chi connectivity index (χ3v) is 3.77. The van der Waals surface area contributed by atoms with Gasteiger partial charge in [0.1, 0.15) is 5.75 Å². The fraction of sp³-hybridized carbons (Fsp3) is 0.625. The summed E-state index contributed by atoms with van der Waals surface area (Å²) in [7, 11) is 0. The smallest absolute Gasteiger partial charge is 0.125 e. The zero-order chi connectivity index (χ0) is 13.0. The van der Waals surface area contributed by atoms with Crippen molar-refractivity contribution in [3.05, 3.63) is 29.3 Å². The van der Waals surface area contributed by atoms with E-state index >= 15 is 0 Å². The van der Waals surface area contributed by atoms with E-state index in [1.165, 1.54) is 30.4 Å². The van der Waals surface area contributed by atoms with E-state index < -0.39 is 0 Å². The highest BCUT2D eigenvalue weighted by Crippen LogP contribution is 2.33. The largest absolute Gasteiger partial charge is 0.493 e. The van der Waals surface area contributed by atoms with Gasteiger partial charge in [-0.25, -0.2) is 0 Å². The second-order valence-corrected chi connectivity index (χ2v) is 5.52. The molecule has 0 amide bonds. The van der Waals surface area contributed by atoms with E-state index in [1.807, 2.05) is 0 Å². The second kappa shape index (κ2) is 6.24. The molecule has 1 aliphatic carbocycles. The number of aryl methyl sites for hydroxylation is 1. The molecule has 0 bridgehead atoms. The molecule has 2 heteroatoms. The maximum Gasteiger partial charge on any atom is 0.125 e. The summed E-state index contributed by atoms with van der Waals surface area (Å²) in [6.07, 6.45) is 5.91. The molecule has 18 heavy (non-hydrogen) atoms. The molecule has 2 N–H and O–H groups in total. The molecule has 100 valence electrons. The SMILES string of the molecule is CCC(N)Cc1cccc(C)c1OCCC1CC1. The van der Waals surface area contributed by atoms with E-state index in [0.717, 1.165) is 31.1 Å². The number of nitrogens with two attached hydrogens (primary N) is 1. The Labute approximate surface area is 111 Å². The van der Waals surface area contributed by atoms with Crippen LogP contribution in [0.1, 0.15) is 43.7 Å². The van der Waals surface area contributed by atoms with E-state index in [2.05, 4.69) is 32.0 Å². The van der Waals surface area contributed by atoms with Gasteiger partial charge in [-0.15, -0.1) is 0 Å². The predicted molar refractivity (Wildman–Crippen MR) is 76.0 cm³/mol. The summed E-state index contributed by atoms with van der Waals surface area (Å²) >= 11 is 0. The summed E-state index contributed by atoms with van der Waals surface area (Å²) in [5, 5.41) is 0. The first kappa shape index (κ1) is 13.4. The van der Waals surface area contributed by atoms with E-state index in [-0.39, 0.29) is 6.04 Å². The molecule has 1 unspecified atom stereocenters. The Morgan fingerprint density at radius 3 is 2.83 bits per heavy atom. The van der Waals surface area contributed by atoms with Gasteiger partial charge in [-0.1, -0.05) is 38.0 Å². The predicted octanol–water partition coefficient (Wildman–Crippen LogP) is 3.45. The maximum absolute atomic E-state index is 6.06. The molecule has 1 atom stereocenters. The van der Waals surface area contributed by atoms with Crippen molar-refractivity contribution in [1.82, 2.24) is 0 Å². The van der Waals surface area contributed by atoms with Crippen LogP contribution in [0.15, 0.2) is 18.2 Å². The molecule has 0 aromatic heterocycles. The van der Waals surface area contributed by atoms with Crippen LogP contribution in [0.3, 0.4) is 0 Å². The Hall–Kier alpha value is -1.02. The molecule has 1 aromatic rings. The van der Waals surface area contributed by atoms with E-state index in [9.17, 15) is 0 Å². The lowest BCUT2D eigenvalue weighted by Gasteiger charge is -2.16. The van der Waals surface area contributed by atoms with Crippen LogP contribution >= 0.6 is 0 Å². The average Bonchev–Trinajstić information content (AvgIpc) is 3.16. The van der Waals surface area contributed by atoms with Crippen molar-refractivity contribution in [2.24, 2.45) is 11.7 Å². The Balaban J connectivity index is 1.99. The minimum absolute atomic E-state index is 0.234. The Bertz CT molecular complexity index is 385. The summed E-state index contributed by atoms with van der Waals surface area (Å²) in [6, 6.07) is 6.60. The van der Waals surface area contributed by atoms with Crippen LogP contribution in [-0.4, -0.2) is 12.6 Å². The van der Waals surface area contributed by atoms with Gasteiger partial charge in [0.2, 0.25) is 0 Å². The van der Waals surface area contributed by atoms with Crippen molar-refractivity contribution in [3.8, 4) is 5.75 Å². The highest BCUT2D eigenvalue weighted by Gasteiger charge is 2.21. The molecule has 0 radical (unpaired) electrons. The van der Waals surface area contributed by atoms with Crippen LogP contribution < -0.4 is 10.5 Å². The molecular weight excluding hydrogens is 222 g/mol. The quantitative estimate of drug-likeness (QED) is 0.801. The van der Waals surface area contributed by atoms with Crippen molar-refractivity contribution in [2.45, 2.75) is 52.0 Å². The fourth-order valence-electron chi connectivity index (χ4n) is 2.24. The summed E-state index contributed by atoms with van der Waals surface area (Å²) in [6.45, 7) is 5.10. The van der Waals surface area contributed by atoms with Gasteiger partial charge in [0.15, 0.2) is 0 Å². The van der Waals surface area contributed by atoms with Crippen LogP contribution in [0, 0.1) is 12.8 Å². The molecule has 1 fully saturated rings. The molecule has 0 saturated heterocycles. The lowest BCUT2D eigenvalue weighted by atomic mass is 10.0. The standard InChI is InChI=1S/C16H25NO/c1-3-15(17)11-14-6-4-5-12(2)16(14)18-10-9-13-7-8-13/h4-6,13,15H,3,7-11,17H2,1-2H3. The number of benzene rings is 1. The normalized spacial score (nSPS) is 16.6. The highest BCUT2D eigenvalue weighted by molar-refractivity contribution is 5.41. The fourth-order valence-corrected chi connectivity index (χ4v) is 2.24. The zero-order valence-corrected chi connectivity index (χ0v) is 11.6. The molecule has 2 nitrogen and oxygen atoms in total. The number of hydrogen-bond donors (Lipinski definition) is 1. The third-order valence-electron chi connectivity index (χ3n) is 3.77. The monoisotopic (exact) mass is 247 g/mol. The van der Waals surface area contributed by atoms with E-state index in [0.29, 0.717) is 0 Å². The van der Waals surface area contributed by atoms with Gasteiger partial charge < -0.3 is 10.5 Å². The molecular formula is C16H25NO. The second-order valence-electron chi connectivity index (χ2n) is 5.52. The number of hydrogen-bond acceptors (Lipinski definition) is 2. The zero-order valence-electron chi connectivity index (χ0n) is 11.6. The van der Waals surface area contributed by atoms with Crippen molar-refractivity contribution in [3.63, 3.8) is 0 Å². The maximum atomic E-state index is 6.06. The minimum atomic E-state index is 0.234. The molecule has 0 spiro atoms. The molecule has 1 aromatic carbocycles. The van der Waals surface area contributed by atoms with E-state index in [4.69, 9.17) is 10.5 Å². The van der Waals surface area contributed by atoms with Gasteiger partial charge in [-0.05, 0) is 43.2 Å². The number of ether oxygens (including phenoxy) is 1. The first-order valence-corrected chi connectivity index (χ1v) is 7.17. The molecule has 2 rings (SSSR count). The van der Waals surface area contributed by atoms with Gasteiger partial charge in [0.05, 0.1) is 6.61 Å². The summed E-state index contributed by atoms with van der Waals surface area (Å²) in [4.78, 5) is 0. The van der Waals surface area contributed by atoms with Gasteiger partial charge in [0, 0.05) is 6.04 Å². The third kappa shape index (κ3) is 3.74. The van der Waals surface area contributed by atoms with Crippen LogP contribution in [0.2, 0.25) is 0 Å². The molecule has 0 aliphatic heterocycles. The molecule has 1 aliphatic rings. The van der Waals surface area contributed by atoms with Crippen LogP contribution in [0.5, 0.6) is 5.75 Å². The Morgan fingerprint density at radius 1 is 1.39 bits per heavy atom. The van der Waals surface area contributed by atoms with Gasteiger partial charge in [0.25, 0.3) is 0 Å². The van der Waals surface area contributed by atoms with Crippen LogP contribution in [-0.2, 0) is 6.42 Å². The average molecular weight is 247 g/mol. The van der Waals surface area contributed by atoms with Crippen molar-refractivity contribution >= 4 is 0 Å². The van der Waals surface area contributed by atoms with Crippen molar-refractivity contribution < 1.29 is 4.74 Å². The summed E-state index contributed by atoms with van der Waals surface area (Å²) in [5.74, 6) is 2.00. The number of para-hydroxylation sites is 1. The van der Waals surface area contributed by atoms with Gasteiger partial charge in [-0.3, -0.25) is 0 Å². The van der Waals surface area contributed by atoms with Crippen molar-refractivity contribution in [1.29, 1.82) is 0 Å². The van der Waals surface area contributed by atoms with Gasteiger partial charge in [-0.2, -0.15) is 0 Å². The van der Waals surface area contributed by atoms with E-state index in [1.54, 1.807) is 0 Å².